The smallest absolute Gasteiger partial charge is 0.285 e. The van der Waals surface area contributed by atoms with Crippen LogP contribution in [0, 0.1) is 0 Å². The highest BCUT2D eigenvalue weighted by Crippen LogP contribution is 2.42. The molecule has 5 rings (SSSR count). The SMILES string of the molecule is O=S(=O)(c1ccccc1SC(F)(F)F)N1Cc2nccnc2-n2ccnc2[C@H]1Cc1ccccc1. The molecule has 7 nitrogen and oxygen atoms in total. The number of hydrogen-bond acceptors (Lipinski definition) is 6. The lowest BCUT2D eigenvalue weighted by atomic mass is 10.1. The first kappa shape index (κ1) is 23.5. The summed E-state index contributed by atoms with van der Waals surface area (Å²) in [5.74, 6) is 0.825. The lowest BCUT2D eigenvalue weighted by Gasteiger charge is -2.29. The summed E-state index contributed by atoms with van der Waals surface area (Å²) < 4.78 is 70.7. The second kappa shape index (κ2) is 9.10. The Kier molecular flexibility index (Phi) is 6.11. The fraction of sp³-hybridized carbons (Fsp3) is 0.174. The van der Waals surface area contributed by atoms with Crippen molar-refractivity contribution in [1.29, 1.82) is 0 Å². The third-order valence-electron chi connectivity index (χ3n) is 5.53. The van der Waals surface area contributed by atoms with Gasteiger partial charge in [0.15, 0.2) is 5.82 Å². The lowest BCUT2D eigenvalue weighted by Crippen LogP contribution is -2.36. The van der Waals surface area contributed by atoms with Crippen molar-refractivity contribution in [3.63, 3.8) is 0 Å². The molecule has 2 aromatic heterocycles. The van der Waals surface area contributed by atoms with Gasteiger partial charge in [-0.3, -0.25) is 9.55 Å². The van der Waals surface area contributed by atoms with Crippen molar-refractivity contribution in [3.8, 4) is 5.82 Å². The third kappa shape index (κ3) is 4.68. The molecular weight excluding hydrogens is 499 g/mol. The van der Waals surface area contributed by atoms with Gasteiger partial charge in [-0.1, -0.05) is 42.5 Å². The summed E-state index contributed by atoms with van der Waals surface area (Å²) >= 11 is -0.453. The molecule has 4 aromatic rings. The molecule has 3 heterocycles. The van der Waals surface area contributed by atoms with Crippen LogP contribution in [-0.2, 0) is 23.0 Å². The van der Waals surface area contributed by atoms with E-state index in [0.29, 0.717) is 17.3 Å². The quantitative estimate of drug-likeness (QED) is 0.355. The molecule has 12 heteroatoms. The monoisotopic (exact) mass is 517 g/mol. The highest BCUT2D eigenvalue weighted by atomic mass is 32.2. The molecule has 0 bridgehead atoms. The average molecular weight is 518 g/mol. The number of alkyl halides is 3. The summed E-state index contributed by atoms with van der Waals surface area (Å²) in [6.07, 6.45) is 6.40. The fourth-order valence-corrected chi connectivity index (χ4v) is 6.71. The zero-order valence-electron chi connectivity index (χ0n) is 18.0. The van der Waals surface area contributed by atoms with Crippen LogP contribution in [0.4, 0.5) is 13.2 Å². The van der Waals surface area contributed by atoms with Gasteiger partial charge in [0.25, 0.3) is 0 Å². The molecule has 0 unspecified atom stereocenters. The highest BCUT2D eigenvalue weighted by molar-refractivity contribution is 8.00. The zero-order chi connectivity index (χ0) is 24.6. The number of halogens is 3. The van der Waals surface area contributed by atoms with Crippen LogP contribution < -0.4 is 0 Å². The average Bonchev–Trinajstić information content (AvgIpc) is 3.26. The number of hydrogen-bond donors (Lipinski definition) is 0. The molecule has 2 aromatic carbocycles. The zero-order valence-corrected chi connectivity index (χ0v) is 19.6. The van der Waals surface area contributed by atoms with Gasteiger partial charge in [-0.05, 0) is 35.9 Å². The van der Waals surface area contributed by atoms with Crippen molar-refractivity contribution in [2.24, 2.45) is 0 Å². The minimum atomic E-state index is -4.65. The molecule has 180 valence electrons. The Morgan fingerprint density at radius 2 is 1.66 bits per heavy atom. The number of fused-ring (bicyclic) bond motifs is 3. The van der Waals surface area contributed by atoms with Gasteiger partial charge < -0.3 is 0 Å². The molecule has 0 amide bonds. The van der Waals surface area contributed by atoms with Gasteiger partial charge in [0, 0.05) is 29.7 Å². The number of sulfonamides is 1. The van der Waals surface area contributed by atoms with E-state index in [-0.39, 0.29) is 13.0 Å². The number of rotatable bonds is 5. The van der Waals surface area contributed by atoms with Crippen LogP contribution >= 0.6 is 11.8 Å². The van der Waals surface area contributed by atoms with Gasteiger partial charge in [0.2, 0.25) is 10.0 Å². The highest BCUT2D eigenvalue weighted by Gasteiger charge is 2.41. The van der Waals surface area contributed by atoms with E-state index in [1.807, 2.05) is 30.3 Å². The van der Waals surface area contributed by atoms with Gasteiger partial charge in [0.1, 0.15) is 5.82 Å². The van der Waals surface area contributed by atoms with Crippen molar-refractivity contribution >= 4 is 21.8 Å². The maximum Gasteiger partial charge on any atom is 0.446 e. The molecule has 0 aliphatic carbocycles. The van der Waals surface area contributed by atoms with Gasteiger partial charge >= 0.3 is 5.51 Å². The van der Waals surface area contributed by atoms with Crippen LogP contribution in [0.15, 0.2) is 89.2 Å². The normalized spacial score (nSPS) is 16.4. The lowest BCUT2D eigenvalue weighted by molar-refractivity contribution is -0.0329. The number of imidazole rings is 1. The predicted octanol–water partition coefficient (Wildman–Crippen LogP) is 4.76. The summed E-state index contributed by atoms with van der Waals surface area (Å²) in [6, 6.07) is 13.6. The Bertz CT molecular complexity index is 1460. The van der Waals surface area contributed by atoms with Crippen LogP contribution in [0.2, 0.25) is 0 Å². The molecule has 1 aliphatic heterocycles. The summed E-state index contributed by atoms with van der Waals surface area (Å²) in [5, 5.41) is 0. The summed E-state index contributed by atoms with van der Waals surface area (Å²) in [6.45, 7) is -0.183. The minimum absolute atomic E-state index is 0.183. The van der Waals surface area contributed by atoms with Gasteiger partial charge in [0.05, 0.1) is 23.2 Å². The molecule has 1 aliphatic rings. The molecule has 35 heavy (non-hydrogen) atoms. The topological polar surface area (TPSA) is 81.0 Å². The fourth-order valence-electron chi connectivity index (χ4n) is 4.08. The molecule has 0 radical (unpaired) electrons. The molecule has 0 saturated carbocycles. The van der Waals surface area contributed by atoms with Crippen molar-refractivity contribution in [2.45, 2.75) is 34.3 Å². The van der Waals surface area contributed by atoms with Crippen molar-refractivity contribution in [2.75, 3.05) is 0 Å². The van der Waals surface area contributed by atoms with E-state index in [9.17, 15) is 21.6 Å². The van der Waals surface area contributed by atoms with Gasteiger partial charge in [-0.2, -0.15) is 17.5 Å². The van der Waals surface area contributed by atoms with Crippen LogP contribution in [0.5, 0.6) is 0 Å². The van der Waals surface area contributed by atoms with E-state index in [1.165, 1.54) is 41.1 Å². The first-order chi connectivity index (χ1) is 16.7. The van der Waals surface area contributed by atoms with E-state index < -0.39 is 43.1 Å². The summed E-state index contributed by atoms with van der Waals surface area (Å²) in [7, 11) is -4.43. The van der Waals surface area contributed by atoms with Crippen LogP contribution in [0.3, 0.4) is 0 Å². The first-order valence-electron chi connectivity index (χ1n) is 10.5. The van der Waals surface area contributed by atoms with Gasteiger partial charge in [-0.15, -0.1) is 0 Å². The maximum atomic E-state index is 14.0. The van der Waals surface area contributed by atoms with E-state index in [0.717, 1.165) is 11.6 Å². The van der Waals surface area contributed by atoms with Crippen LogP contribution in [0.1, 0.15) is 23.1 Å². The van der Waals surface area contributed by atoms with Gasteiger partial charge in [-0.25, -0.2) is 18.4 Å². The van der Waals surface area contributed by atoms with Crippen LogP contribution in [-0.4, -0.2) is 37.8 Å². The second-order valence-corrected chi connectivity index (χ2v) is 10.7. The third-order valence-corrected chi connectivity index (χ3v) is 8.38. The molecule has 0 fully saturated rings. The Morgan fingerprint density at radius 1 is 0.943 bits per heavy atom. The van der Waals surface area contributed by atoms with Crippen LogP contribution in [0.25, 0.3) is 5.82 Å². The summed E-state index contributed by atoms with van der Waals surface area (Å²) in [4.78, 5) is 12.3. The number of aromatic nitrogens is 4. The minimum Gasteiger partial charge on any atom is -0.285 e. The van der Waals surface area contributed by atoms with E-state index in [4.69, 9.17) is 0 Å². The number of thioether (sulfide) groups is 1. The second-order valence-electron chi connectivity index (χ2n) is 7.73. The van der Waals surface area contributed by atoms with Crippen molar-refractivity contribution < 1.29 is 21.6 Å². The summed E-state index contributed by atoms with van der Waals surface area (Å²) in [5.41, 5.74) is -3.44. The number of nitrogens with zero attached hydrogens (tertiary/aromatic N) is 5. The largest absolute Gasteiger partial charge is 0.446 e. The standard InChI is InChI=1S/C23H18F3N5O2S2/c24-23(25,26)34-19-8-4-5-9-20(19)35(32,33)31-15-17-21(28-11-10-27-17)30-13-12-29-22(30)18(31)14-16-6-2-1-3-7-16/h1-13,18H,14-15H2/t18-/m1/s1. The van der Waals surface area contributed by atoms with E-state index in [2.05, 4.69) is 15.0 Å². The molecule has 0 N–H and O–H groups in total. The first-order valence-corrected chi connectivity index (χ1v) is 12.7. The Hall–Kier alpha value is -3.22. The number of benzene rings is 2. The van der Waals surface area contributed by atoms with E-state index in [1.54, 1.807) is 10.8 Å². The predicted molar refractivity (Wildman–Crippen MR) is 123 cm³/mol. The maximum absolute atomic E-state index is 14.0. The molecular formula is C23H18F3N5O2S2. The van der Waals surface area contributed by atoms with E-state index >= 15 is 0 Å². The Labute approximate surface area is 203 Å². The molecule has 1 atom stereocenters. The molecule has 0 saturated heterocycles. The Balaban J connectivity index is 1.69. The van der Waals surface area contributed by atoms with Crippen molar-refractivity contribution in [1.82, 2.24) is 23.8 Å². The molecule has 0 spiro atoms. The Morgan fingerprint density at radius 3 is 2.43 bits per heavy atom. The van der Waals surface area contributed by atoms with Crippen molar-refractivity contribution in [3.05, 3.63) is 96.5 Å².